The van der Waals surface area contributed by atoms with Gasteiger partial charge in [0.1, 0.15) is 18.6 Å². The molecule has 3 atom stereocenters. The predicted octanol–water partition coefficient (Wildman–Crippen LogP) is 4.00. The van der Waals surface area contributed by atoms with Crippen LogP contribution >= 0.6 is 0 Å². The molecular formula is C32H28N2O7. The first-order valence-corrected chi connectivity index (χ1v) is 13.4. The lowest BCUT2D eigenvalue weighted by Gasteiger charge is -2.61. The average Bonchev–Trinajstić information content (AvgIpc) is 3.22. The van der Waals surface area contributed by atoms with Gasteiger partial charge >= 0.3 is 5.97 Å². The van der Waals surface area contributed by atoms with Gasteiger partial charge in [0.25, 0.3) is 23.6 Å². The van der Waals surface area contributed by atoms with E-state index in [0.717, 1.165) is 16.0 Å². The highest BCUT2D eigenvalue weighted by atomic mass is 16.9. The summed E-state index contributed by atoms with van der Waals surface area (Å²) in [5, 5.41) is 0. The lowest BCUT2D eigenvalue weighted by Crippen LogP contribution is -2.82. The molecule has 0 aliphatic carbocycles. The molecule has 6 rings (SSSR count). The zero-order valence-corrected chi connectivity index (χ0v) is 22.5. The van der Waals surface area contributed by atoms with Crippen LogP contribution in [0.3, 0.4) is 0 Å². The van der Waals surface area contributed by atoms with Gasteiger partial charge in [-0.2, -0.15) is 0 Å². The summed E-state index contributed by atoms with van der Waals surface area (Å²) in [5.41, 5.74) is 2.14. The second-order valence-corrected chi connectivity index (χ2v) is 10.2. The molecule has 3 aromatic carbocycles. The highest BCUT2D eigenvalue weighted by molar-refractivity contribution is 6.23. The molecule has 9 heteroatoms. The van der Waals surface area contributed by atoms with Gasteiger partial charge in [0.15, 0.2) is 6.29 Å². The highest BCUT2D eigenvalue weighted by Gasteiger charge is 2.68. The number of fused-ring (bicyclic) bond motifs is 1. The number of β-lactam (4-membered cyclic amide) rings is 1. The summed E-state index contributed by atoms with van der Waals surface area (Å²) in [6, 6.07) is 23.1. The summed E-state index contributed by atoms with van der Waals surface area (Å²) in [6.07, 6.45) is 2.83. The number of benzene rings is 3. The lowest BCUT2D eigenvalue weighted by atomic mass is 9.87. The van der Waals surface area contributed by atoms with Gasteiger partial charge in [-0.3, -0.25) is 29.0 Å². The van der Waals surface area contributed by atoms with Crippen LogP contribution in [0.25, 0.3) is 6.08 Å². The Hall–Kier alpha value is -4.60. The second kappa shape index (κ2) is 10.4. The van der Waals surface area contributed by atoms with E-state index in [0.29, 0.717) is 0 Å². The van der Waals surface area contributed by atoms with E-state index in [1.807, 2.05) is 60.7 Å². The Morgan fingerprint density at radius 3 is 2.05 bits per heavy atom. The molecule has 9 nitrogen and oxygen atoms in total. The minimum atomic E-state index is -1.77. The summed E-state index contributed by atoms with van der Waals surface area (Å²) in [7, 11) is 0. The minimum Gasteiger partial charge on any atom is -0.460 e. The van der Waals surface area contributed by atoms with Crippen molar-refractivity contribution in [1.29, 1.82) is 0 Å². The van der Waals surface area contributed by atoms with Gasteiger partial charge in [0, 0.05) is 0 Å². The van der Waals surface area contributed by atoms with Gasteiger partial charge in [0.2, 0.25) is 0 Å². The number of esters is 1. The molecule has 0 N–H and O–H groups in total. The monoisotopic (exact) mass is 552 g/mol. The summed E-state index contributed by atoms with van der Waals surface area (Å²) in [5.74, 6) is -5.10. The third-order valence-electron chi connectivity index (χ3n) is 7.63. The fourth-order valence-electron chi connectivity index (χ4n) is 5.56. The molecule has 208 valence electrons. The number of likely N-dealkylation sites (tertiary alicyclic amines) is 1. The van der Waals surface area contributed by atoms with Gasteiger partial charge in [-0.1, -0.05) is 84.9 Å². The zero-order valence-electron chi connectivity index (χ0n) is 22.5. The average molecular weight is 553 g/mol. The van der Waals surface area contributed by atoms with Crippen molar-refractivity contribution in [2.45, 2.75) is 44.7 Å². The van der Waals surface area contributed by atoms with Crippen molar-refractivity contribution in [3.8, 4) is 0 Å². The normalized spacial score (nSPS) is 26.0. The van der Waals surface area contributed by atoms with Crippen LogP contribution < -0.4 is 0 Å². The van der Waals surface area contributed by atoms with Crippen molar-refractivity contribution in [3.63, 3.8) is 0 Å². The molecule has 41 heavy (non-hydrogen) atoms. The van der Waals surface area contributed by atoms with Gasteiger partial charge in [-0.15, -0.1) is 0 Å². The molecular weight excluding hydrogens is 524 g/mol. The van der Waals surface area contributed by atoms with E-state index in [1.165, 1.54) is 4.90 Å². The maximum absolute atomic E-state index is 13.9. The topological polar surface area (TPSA) is 102 Å². The molecule has 3 aromatic rings. The number of carbonyl (C=O) groups excluding carboxylic acids is 4. The maximum atomic E-state index is 13.9. The molecule has 3 aliphatic heterocycles. The Kier molecular flexibility index (Phi) is 6.76. The summed E-state index contributed by atoms with van der Waals surface area (Å²) in [4.78, 5) is 56.1. The molecule has 0 radical (unpaired) electrons. The van der Waals surface area contributed by atoms with Crippen LogP contribution in [-0.2, 0) is 30.4 Å². The van der Waals surface area contributed by atoms with E-state index in [9.17, 15) is 19.2 Å². The van der Waals surface area contributed by atoms with Crippen molar-refractivity contribution in [1.82, 2.24) is 9.80 Å². The Labute approximate surface area is 236 Å². The van der Waals surface area contributed by atoms with Crippen molar-refractivity contribution >= 4 is 29.8 Å². The smallest absolute Gasteiger partial charge is 0.316 e. The number of ether oxygens (including phenoxy) is 3. The molecule has 0 aromatic heterocycles. The standard InChI is InChI=1S/C32H28N2O7/c1-20(31(38)39-19-23-13-7-4-8-14-23)32(40-21(2)41-32)34-26(18-17-22-11-5-3-6-12-22)27(30(34)37)33-28(35)24-15-9-10-16-25(24)29(33)36/h3-18,20-21,26-27H,19H2,1-2H3/t20?,21?,26-,27+,32?/m1/s1. The van der Waals surface area contributed by atoms with E-state index >= 15 is 0 Å². The van der Waals surface area contributed by atoms with E-state index in [1.54, 1.807) is 50.3 Å². The molecule has 3 aliphatic rings. The van der Waals surface area contributed by atoms with Crippen LogP contribution in [0.15, 0.2) is 91.0 Å². The fourth-order valence-corrected chi connectivity index (χ4v) is 5.56. The third kappa shape index (κ3) is 4.43. The summed E-state index contributed by atoms with van der Waals surface area (Å²) in [6.45, 7) is 3.26. The predicted molar refractivity (Wildman–Crippen MR) is 147 cm³/mol. The van der Waals surface area contributed by atoms with E-state index in [2.05, 4.69) is 0 Å². The van der Waals surface area contributed by atoms with Crippen molar-refractivity contribution < 1.29 is 33.4 Å². The number of hydrogen-bond acceptors (Lipinski definition) is 7. The molecule has 0 bridgehead atoms. The van der Waals surface area contributed by atoms with E-state index in [4.69, 9.17) is 14.2 Å². The van der Waals surface area contributed by atoms with Gasteiger partial charge in [-0.05, 0) is 37.1 Å². The first-order chi connectivity index (χ1) is 19.8. The van der Waals surface area contributed by atoms with Gasteiger partial charge in [-0.25, -0.2) is 0 Å². The van der Waals surface area contributed by atoms with Crippen molar-refractivity contribution in [2.24, 2.45) is 5.92 Å². The van der Waals surface area contributed by atoms with Crippen LogP contribution in [0, 0.1) is 5.92 Å². The number of nitrogens with zero attached hydrogens (tertiary/aromatic N) is 2. The van der Waals surface area contributed by atoms with Crippen LogP contribution in [0.1, 0.15) is 45.7 Å². The van der Waals surface area contributed by atoms with E-state index in [-0.39, 0.29) is 17.7 Å². The Morgan fingerprint density at radius 1 is 0.902 bits per heavy atom. The number of hydrogen-bond donors (Lipinski definition) is 0. The minimum absolute atomic E-state index is 0.0403. The largest absolute Gasteiger partial charge is 0.460 e. The highest BCUT2D eigenvalue weighted by Crippen LogP contribution is 2.47. The molecule has 1 unspecified atom stereocenters. The Bertz CT molecular complexity index is 1500. The number of amides is 3. The lowest BCUT2D eigenvalue weighted by molar-refractivity contribution is -0.507. The van der Waals surface area contributed by atoms with Crippen molar-refractivity contribution in [3.05, 3.63) is 113 Å². The van der Waals surface area contributed by atoms with Crippen LogP contribution in [-0.4, -0.2) is 57.8 Å². The number of carbonyl (C=O) groups is 4. The molecule has 3 amide bonds. The summed E-state index contributed by atoms with van der Waals surface area (Å²) < 4.78 is 17.6. The van der Waals surface area contributed by atoms with Gasteiger partial charge in [0.05, 0.1) is 17.2 Å². The Balaban J connectivity index is 1.32. The van der Waals surface area contributed by atoms with Gasteiger partial charge < -0.3 is 14.2 Å². The first kappa shape index (κ1) is 26.6. The molecule has 0 spiro atoms. The maximum Gasteiger partial charge on any atom is 0.316 e. The molecule has 2 saturated heterocycles. The summed E-state index contributed by atoms with van der Waals surface area (Å²) >= 11 is 0. The SMILES string of the molecule is CC1OC(C(C)C(=O)OCc2ccccc2)(N2C(=O)[C@@H](N3C(=O)c4ccccc4C3=O)[C@H]2C=Cc2ccccc2)O1. The quantitative estimate of drug-likeness (QED) is 0.236. The number of rotatable bonds is 8. The van der Waals surface area contributed by atoms with Crippen molar-refractivity contribution in [2.75, 3.05) is 0 Å². The first-order valence-electron chi connectivity index (χ1n) is 13.4. The van der Waals surface area contributed by atoms with E-state index < -0.39 is 53.9 Å². The zero-order chi connectivity index (χ0) is 28.7. The molecule has 2 fully saturated rings. The fraction of sp³-hybridized carbons (Fsp3) is 0.250. The molecule has 0 saturated carbocycles. The van der Waals surface area contributed by atoms with Crippen LogP contribution in [0.5, 0.6) is 0 Å². The third-order valence-corrected chi connectivity index (χ3v) is 7.63. The van der Waals surface area contributed by atoms with Crippen LogP contribution in [0.4, 0.5) is 0 Å². The van der Waals surface area contributed by atoms with Crippen LogP contribution in [0.2, 0.25) is 0 Å². The molecule has 3 heterocycles. The number of imide groups is 1. The second-order valence-electron chi connectivity index (χ2n) is 10.2. The Morgan fingerprint density at radius 2 is 1.46 bits per heavy atom.